The second-order valence-electron chi connectivity index (χ2n) is 7.57. The molecule has 0 saturated heterocycles. The number of esters is 4. The molecule has 0 aliphatic carbocycles. The van der Waals surface area contributed by atoms with Crippen molar-refractivity contribution in [1.29, 1.82) is 0 Å². The molecule has 0 bridgehead atoms. The summed E-state index contributed by atoms with van der Waals surface area (Å²) in [5.74, 6) is -3.37. The van der Waals surface area contributed by atoms with Gasteiger partial charge < -0.3 is 34.1 Å². The van der Waals surface area contributed by atoms with Gasteiger partial charge in [-0.25, -0.2) is 24.0 Å². The van der Waals surface area contributed by atoms with Crippen LogP contribution >= 0.6 is 0 Å². The van der Waals surface area contributed by atoms with E-state index in [4.69, 9.17) is 10.2 Å². The van der Waals surface area contributed by atoms with E-state index in [0.717, 1.165) is 31.3 Å². The van der Waals surface area contributed by atoms with E-state index in [1.807, 2.05) is 6.92 Å². The Balaban J connectivity index is -0.0000000777. The highest BCUT2D eigenvalue weighted by Gasteiger charge is 1.95. The number of unbranched alkanes of at least 4 members (excludes halogenated alkanes) is 1. The molecule has 0 aromatic heterocycles. The lowest BCUT2D eigenvalue weighted by molar-refractivity contribution is -0.138. The van der Waals surface area contributed by atoms with Crippen LogP contribution in [0.5, 0.6) is 0 Å². The Morgan fingerprint density at radius 1 is 0.717 bits per heavy atom. The normalized spacial score (nSPS) is 7.48. The summed E-state index contributed by atoms with van der Waals surface area (Å²) in [5, 5.41) is 15.5. The molecule has 0 aliphatic rings. The van der Waals surface area contributed by atoms with E-state index in [1.165, 1.54) is 45.1 Å². The van der Waals surface area contributed by atoms with E-state index < -0.39 is 17.9 Å². The second-order valence-corrected chi connectivity index (χ2v) is 7.57. The first-order valence-corrected chi connectivity index (χ1v) is 12.8. The van der Waals surface area contributed by atoms with Gasteiger partial charge in [0.2, 0.25) is 5.91 Å². The number of likely N-dealkylation sites (N-methyl/N-ethyl adjacent to an activating group) is 1. The van der Waals surface area contributed by atoms with E-state index >= 15 is 0 Å². The van der Waals surface area contributed by atoms with Gasteiger partial charge in [-0.3, -0.25) is 9.59 Å². The van der Waals surface area contributed by atoms with Crippen molar-refractivity contribution in [2.75, 3.05) is 34.9 Å². The molecule has 0 rings (SSSR count). The number of amides is 1. The van der Waals surface area contributed by atoms with Crippen LogP contribution in [-0.2, 0) is 52.5 Å². The number of nitrogens with zero attached hydrogens (tertiary/aromatic N) is 1. The monoisotopic (exact) mass is 657 g/mol. The zero-order valence-electron chi connectivity index (χ0n) is 28.3. The number of hydrogen-bond acceptors (Lipinski definition) is 11. The molecule has 0 aromatic rings. The highest BCUT2D eigenvalue weighted by atomic mass is 16.5. The average molecular weight is 658 g/mol. The molecule has 0 fully saturated rings. The number of carboxylic acid groups (broad SMARTS) is 2. The second kappa shape index (κ2) is 43.9. The molecular formula is C32H51NO13. The van der Waals surface area contributed by atoms with Gasteiger partial charge in [-0.1, -0.05) is 59.4 Å². The fraction of sp³-hybridized carbons (Fsp3) is 0.344. The van der Waals surface area contributed by atoms with Crippen molar-refractivity contribution in [2.24, 2.45) is 0 Å². The Kier molecular flexibility index (Phi) is 53.7. The number of ether oxygens (including phenoxy) is 4. The van der Waals surface area contributed by atoms with Gasteiger partial charge in [0.05, 0.1) is 27.1 Å². The smallest absolute Gasteiger partial charge is 0.332 e. The predicted octanol–water partition coefficient (Wildman–Crippen LogP) is 4.45. The zero-order chi connectivity index (χ0) is 38.3. The minimum Gasteiger partial charge on any atom is -0.478 e. The van der Waals surface area contributed by atoms with Crippen LogP contribution in [0, 0.1) is 0 Å². The molecule has 46 heavy (non-hydrogen) atoms. The van der Waals surface area contributed by atoms with Gasteiger partial charge in [0.1, 0.15) is 0 Å². The SMILES string of the molecule is C=C(C)C(=O)O.C=C(C)C(=O)OC.C=CC(=O)N(C)C.C=CC(=O)O.C=CC(=O)OC.C=CC(=O)OCCCC.C=COC(C)=O. The molecule has 1 amide bonds. The molecule has 0 spiro atoms. The molecule has 262 valence electrons. The average Bonchev–Trinajstić information content (AvgIpc) is 3.01. The summed E-state index contributed by atoms with van der Waals surface area (Å²) >= 11 is 0. The fourth-order valence-electron chi connectivity index (χ4n) is 0.934. The molecule has 0 aromatic carbocycles. The Hall–Kier alpha value is -5.53. The third-order valence-corrected chi connectivity index (χ3v) is 3.21. The van der Waals surface area contributed by atoms with Gasteiger partial charge in [0, 0.05) is 50.4 Å². The molecule has 0 aliphatic heterocycles. The maximum Gasteiger partial charge on any atom is 0.332 e. The van der Waals surface area contributed by atoms with Crippen LogP contribution in [0.4, 0.5) is 0 Å². The van der Waals surface area contributed by atoms with E-state index in [9.17, 15) is 33.6 Å². The van der Waals surface area contributed by atoms with Crippen LogP contribution in [0.3, 0.4) is 0 Å². The van der Waals surface area contributed by atoms with Gasteiger partial charge >= 0.3 is 35.8 Å². The minimum absolute atomic E-state index is 0.0556. The maximum absolute atomic E-state index is 10.3. The zero-order valence-corrected chi connectivity index (χ0v) is 28.3. The summed E-state index contributed by atoms with van der Waals surface area (Å²) in [7, 11) is 6.01. The van der Waals surface area contributed by atoms with Crippen molar-refractivity contribution in [3.63, 3.8) is 0 Å². The highest BCUT2D eigenvalue weighted by molar-refractivity contribution is 5.87. The van der Waals surface area contributed by atoms with E-state index in [2.05, 4.69) is 65.0 Å². The lowest BCUT2D eigenvalue weighted by Gasteiger charge is -2.03. The molecule has 2 N–H and O–H groups in total. The van der Waals surface area contributed by atoms with Crippen LogP contribution < -0.4 is 0 Å². The quantitative estimate of drug-likeness (QED) is 0.110. The van der Waals surface area contributed by atoms with Crippen molar-refractivity contribution < 1.29 is 62.7 Å². The topological polar surface area (TPSA) is 200 Å². The summed E-state index contributed by atoms with van der Waals surface area (Å²) in [5.41, 5.74) is 0.609. The van der Waals surface area contributed by atoms with Gasteiger partial charge in [-0.05, 0) is 26.3 Å². The Labute approximate surface area is 272 Å². The standard InChI is InChI=1S/C7H12O2.C5H9NO.C5H8O2.3C4H6O2.C3H4O2/c1-3-5-6-9-7(8)4-2;1-4-5(7)6(2)3;1-4(2)5(6)7-3;1-3-4(5)6-2;1-3-6-4(2)5;1-3(2)4(5)6;1-2-3(4)5/h4H,2-3,5-6H2,1H3;4H,1H2,2-3H3;1H2,2-3H3;2*3H,1H2,2H3;1H2,2H3,(H,5,6);2H,1H2,(H,4,5). The number of carboxylic acids is 2. The van der Waals surface area contributed by atoms with E-state index in [1.54, 1.807) is 21.0 Å². The number of aliphatic carboxylic acids is 2. The molecule has 14 nitrogen and oxygen atoms in total. The van der Waals surface area contributed by atoms with Crippen LogP contribution in [-0.4, -0.2) is 91.8 Å². The third kappa shape index (κ3) is 77.1. The lowest BCUT2D eigenvalue weighted by Crippen LogP contribution is -2.18. The predicted molar refractivity (Wildman–Crippen MR) is 176 cm³/mol. The molecular weight excluding hydrogens is 606 g/mol. The first-order valence-electron chi connectivity index (χ1n) is 12.8. The Morgan fingerprint density at radius 2 is 1.13 bits per heavy atom. The molecule has 0 radical (unpaired) electrons. The van der Waals surface area contributed by atoms with Crippen molar-refractivity contribution >= 4 is 41.7 Å². The third-order valence-electron chi connectivity index (χ3n) is 3.21. The molecule has 0 saturated carbocycles. The Bertz CT molecular complexity index is 977. The van der Waals surface area contributed by atoms with Crippen LogP contribution in [0.25, 0.3) is 0 Å². The summed E-state index contributed by atoms with van der Waals surface area (Å²) in [6.07, 6.45) is 7.47. The van der Waals surface area contributed by atoms with Gasteiger partial charge in [0.15, 0.2) is 0 Å². The van der Waals surface area contributed by atoms with Crippen molar-refractivity contribution in [3.8, 4) is 0 Å². The first-order chi connectivity index (χ1) is 21.2. The van der Waals surface area contributed by atoms with E-state index in [-0.39, 0.29) is 29.4 Å². The van der Waals surface area contributed by atoms with E-state index in [0.29, 0.717) is 12.2 Å². The van der Waals surface area contributed by atoms with Crippen LogP contribution in [0.1, 0.15) is 40.5 Å². The number of carbonyl (C=O) groups excluding carboxylic acids is 5. The van der Waals surface area contributed by atoms with Crippen molar-refractivity contribution in [1.82, 2.24) is 4.90 Å². The molecule has 0 atom stereocenters. The molecule has 14 heteroatoms. The minimum atomic E-state index is -0.981. The fourth-order valence-corrected chi connectivity index (χ4v) is 0.934. The summed E-state index contributed by atoms with van der Waals surface area (Å²) < 4.78 is 17.3. The van der Waals surface area contributed by atoms with Crippen molar-refractivity contribution in [3.05, 3.63) is 87.8 Å². The number of methoxy groups -OCH3 is 2. The first kappa shape index (κ1) is 56.3. The summed E-state index contributed by atoms with van der Waals surface area (Å²) in [4.78, 5) is 70.8. The molecule has 0 heterocycles. The largest absolute Gasteiger partial charge is 0.478 e. The number of rotatable bonds is 10. The molecule has 0 unspecified atom stereocenters. The summed E-state index contributed by atoms with van der Waals surface area (Å²) in [6, 6.07) is 0. The van der Waals surface area contributed by atoms with Gasteiger partial charge in [-0.2, -0.15) is 0 Å². The number of hydrogen-bond donors (Lipinski definition) is 2. The van der Waals surface area contributed by atoms with Crippen LogP contribution in [0.15, 0.2) is 87.8 Å². The summed E-state index contributed by atoms with van der Waals surface area (Å²) in [6.45, 7) is 29.3. The maximum atomic E-state index is 10.3. The van der Waals surface area contributed by atoms with Crippen LogP contribution in [0.2, 0.25) is 0 Å². The number of carbonyl (C=O) groups is 7. The highest BCUT2D eigenvalue weighted by Crippen LogP contribution is 1.88. The Morgan fingerprint density at radius 3 is 1.22 bits per heavy atom. The lowest BCUT2D eigenvalue weighted by atomic mass is 10.4. The van der Waals surface area contributed by atoms with Crippen molar-refractivity contribution in [2.45, 2.75) is 40.5 Å². The van der Waals surface area contributed by atoms with Gasteiger partial charge in [0.25, 0.3) is 0 Å². The van der Waals surface area contributed by atoms with Gasteiger partial charge in [-0.15, -0.1) is 0 Å².